The molecule has 2 rings (SSSR count). The van der Waals surface area contributed by atoms with Crippen molar-refractivity contribution in [3.8, 4) is 17.2 Å². The van der Waals surface area contributed by atoms with Crippen molar-refractivity contribution >= 4 is 35.2 Å². The first kappa shape index (κ1) is 22.1. The molecule has 154 valence electrons. The van der Waals surface area contributed by atoms with Crippen LogP contribution in [0.1, 0.15) is 12.5 Å². The van der Waals surface area contributed by atoms with E-state index in [0.717, 1.165) is 0 Å². The second kappa shape index (κ2) is 10.4. The van der Waals surface area contributed by atoms with E-state index in [9.17, 15) is 9.59 Å². The number of nitrogens with one attached hydrogen (secondary N) is 1. The van der Waals surface area contributed by atoms with Crippen LogP contribution in [0.4, 0.5) is 5.69 Å². The van der Waals surface area contributed by atoms with Crippen LogP contribution >= 0.6 is 11.6 Å². The summed E-state index contributed by atoms with van der Waals surface area (Å²) in [4.78, 5) is 24.3. The van der Waals surface area contributed by atoms with E-state index in [4.69, 9.17) is 30.5 Å². The van der Waals surface area contributed by atoms with Gasteiger partial charge < -0.3 is 24.3 Å². The Labute approximate surface area is 174 Å². The SMILES string of the molecule is COc1cc(/C=C/C(=O)O[C@@H](C)C(=O)Nc2ccc(OC)c(Cl)c2)cc(OC)c1. The maximum atomic E-state index is 12.2. The van der Waals surface area contributed by atoms with E-state index in [1.165, 1.54) is 34.3 Å². The maximum Gasteiger partial charge on any atom is 0.331 e. The lowest BCUT2D eigenvalue weighted by Crippen LogP contribution is -2.29. The van der Waals surface area contributed by atoms with Crippen molar-refractivity contribution in [2.24, 2.45) is 0 Å². The predicted octanol–water partition coefficient (Wildman–Crippen LogP) is 3.95. The highest BCUT2D eigenvalue weighted by Gasteiger charge is 2.17. The molecule has 1 amide bonds. The molecule has 0 saturated carbocycles. The average molecular weight is 420 g/mol. The maximum absolute atomic E-state index is 12.2. The summed E-state index contributed by atoms with van der Waals surface area (Å²) in [6, 6.07) is 9.98. The molecule has 0 aromatic heterocycles. The number of esters is 1. The van der Waals surface area contributed by atoms with Crippen molar-refractivity contribution in [1.82, 2.24) is 0 Å². The fourth-order valence-electron chi connectivity index (χ4n) is 2.34. The molecule has 2 aromatic carbocycles. The van der Waals surface area contributed by atoms with Gasteiger partial charge >= 0.3 is 5.97 Å². The Morgan fingerprint density at radius 1 is 1.00 bits per heavy atom. The summed E-state index contributed by atoms with van der Waals surface area (Å²) in [5.74, 6) is 0.508. The minimum atomic E-state index is -1.01. The molecule has 0 bridgehead atoms. The summed E-state index contributed by atoms with van der Waals surface area (Å²) in [6.07, 6.45) is 1.76. The van der Waals surface area contributed by atoms with Crippen molar-refractivity contribution in [2.75, 3.05) is 26.6 Å². The van der Waals surface area contributed by atoms with Crippen molar-refractivity contribution in [3.63, 3.8) is 0 Å². The quantitative estimate of drug-likeness (QED) is 0.515. The van der Waals surface area contributed by atoms with E-state index in [0.29, 0.717) is 33.5 Å². The Morgan fingerprint density at radius 2 is 1.66 bits per heavy atom. The van der Waals surface area contributed by atoms with E-state index in [1.807, 2.05) is 0 Å². The average Bonchev–Trinajstić information content (AvgIpc) is 2.72. The fourth-order valence-corrected chi connectivity index (χ4v) is 2.60. The number of hydrogen-bond donors (Lipinski definition) is 1. The fraction of sp³-hybridized carbons (Fsp3) is 0.238. The van der Waals surface area contributed by atoms with Gasteiger partial charge in [-0.25, -0.2) is 4.79 Å². The molecule has 0 aliphatic carbocycles. The van der Waals surface area contributed by atoms with Gasteiger partial charge in [0.05, 0.1) is 26.4 Å². The van der Waals surface area contributed by atoms with E-state index in [2.05, 4.69) is 5.32 Å². The number of methoxy groups -OCH3 is 3. The summed E-state index contributed by atoms with van der Waals surface area (Å²) in [6.45, 7) is 1.47. The lowest BCUT2D eigenvalue weighted by molar-refractivity contribution is -0.148. The van der Waals surface area contributed by atoms with Gasteiger partial charge in [-0.1, -0.05) is 11.6 Å². The number of carbonyl (C=O) groups excluding carboxylic acids is 2. The predicted molar refractivity (Wildman–Crippen MR) is 111 cm³/mol. The molecule has 8 heteroatoms. The molecule has 0 fully saturated rings. The van der Waals surface area contributed by atoms with Crippen molar-refractivity contribution in [2.45, 2.75) is 13.0 Å². The lowest BCUT2D eigenvalue weighted by atomic mass is 10.2. The minimum Gasteiger partial charge on any atom is -0.497 e. The molecule has 0 spiro atoms. The minimum absolute atomic E-state index is 0.353. The lowest BCUT2D eigenvalue weighted by Gasteiger charge is -2.13. The van der Waals surface area contributed by atoms with Crippen LogP contribution in [0.2, 0.25) is 5.02 Å². The number of amides is 1. The number of benzene rings is 2. The monoisotopic (exact) mass is 419 g/mol. The van der Waals surface area contributed by atoms with Gasteiger partial charge in [-0.3, -0.25) is 4.79 Å². The van der Waals surface area contributed by atoms with Gasteiger partial charge in [-0.05, 0) is 48.9 Å². The van der Waals surface area contributed by atoms with Crippen LogP contribution in [-0.2, 0) is 14.3 Å². The van der Waals surface area contributed by atoms with Crippen LogP contribution in [0, 0.1) is 0 Å². The van der Waals surface area contributed by atoms with E-state index < -0.39 is 18.0 Å². The third kappa shape index (κ3) is 6.43. The third-order valence-corrected chi connectivity index (χ3v) is 4.16. The highest BCUT2D eigenvalue weighted by Crippen LogP contribution is 2.27. The second-order valence-electron chi connectivity index (χ2n) is 5.90. The summed E-state index contributed by atoms with van der Waals surface area (Å²) < 4.78 is 20.6. The molecule has 0 aliphatic rings. The number of carbonyl (C=O) groups is 2. The zero-order valence-electron chi connectivity index (χ0n) is 16.5. The van der Waals surface area contributed by atoms with Crippen LogP contribution in [0.5, 0.6) is 17.2 Å². The molecule has 0 heterocycles. The van der Waals surface area contributed by atoms with Gasteiger partial charge in [0.15, 0.2) is 6.10 Å². The molecule has 0 radical (unpaired) electrons. The van der Waals surface area contributed by atoms with Gasteiger partial charge in [-0.2, -0.15) is 0 Å². The van der Waals surface area contributed by atoms with Gasteiger partial charge in [0.25, 0.3) is 5.91 Å². The zero-order valence-corrected chi connectivity index (χ0v) is 17.3. The zero-order chi connectivity index (χ0) is 21.4. The summed E-state index contributed by atoms with van der Waals surface area (Å²) >= 11 is 6.03. The first-order chi connectivity index (χ1) is 13.9. The number of halogens is 1. The first-order valence-electron chi connectivity index (χ1n) is 8.62. The smallest absolute Gasteiger partial charge is 0.331 e. The normalized spacial score (nSPS) is 11.6. The van der Waals surface area contributed by atoms with Crippen molar-refractivity contribution in [3.05, 3.63) is 53.1 Å². The number of hydrogen-bond acceptors (Lipinski definition) is 6. The Kier molecular flexibility index (Phi) is 7.91. The van der Waals surface area contributed by atoms with Crippen LogP contribution in [0.15, 0.2) is 42.5 Å². The van der Waals surface area contributed by atoms with E-state index >= 15 is 0 Å². The molecule has 2 aromatic rings. The highest BCUT2D eigenvalue weighted by molar-refractivity contribution is 6.32. The molecular formula is C21H22ClNO6. The van der Waals surface area contributed by atoms with Crippen LogP contribution in [0.25, 0.3) is 6.08 Å². The van der Waals surface area contributed by atoms with Gasteiger partial charge in [0, 0.05) is 17.8 Å². The topological polar surface area (TPSA) is 83.1 Å². The van der Waals surface area contributed by atoms with Crippen molar-refractivity contribution in [1.29, 1.82) is 0 Å². The van der Waals surface area contributed by atoms with E-state index in [1.54, 1.807) is 42.5 Å². The van der Waals surface area contributed by atoms with E-state index in [-0.39, 0.29) is 0 Å². The first-order valence-corrected chi connectivity index (χ1v) is 9.00. The molecular weight excluding hydrogens is 398 g/mol. The molecule has 7 nitrogen and oxygen atoms in total. The Morgan fingerprint density at radius 3 is 2.21 bits per heavy atom. The summed E-state index contributed by atoms with van der Waals surface area (Å²) in [5, 5.41) is 2.98. The molecule has 0 aliphatic heterocycles. The Hall–Kier alpha value is -3.19. The standard InChI is InChI=1S/C21H22ClNO6/c1-13(21(25)23-15-6-7-19(28-4)18(22)11-15)29-20(24)8-5-14-9-16(26-2)12-17(10-14)27-3/h5-13H,1-4H3,(H,23,25)/b8-5+/t13-/m0/s1. The summed E-state index contributed by atoms with van der Waals surface area (Å²) in [7, 11) is 4.57. The van der Waals surface area contributed by atoms with Crippen LogP contribution in [0.3, 0.4) is 0 Å². The number of rotatable bonds is 8. The molecule has 1 atom stereocenters. The largest absolute Gasteiger partial charge is 0.497 e. The Bertz CT molecular complexity index is 890. The highest BCUT2D eigenvalue weighted by atomic mass is 35.5. The van der Waals surface area contributed by atoms with Gasteiger partial charge in [0.2, 0.25) is 0 Å². The van der Waals surface area contributed by atoms with Crippen LogP contribution in [-0.4, -0.2) is 39.3 Å². The van der Waals surface area contributed by atoms with Crippen molar-refractivity contribution < 1.29 is 28.5 Å². The van der Waals surface area contributed by atoms with Gasteiger partial charge in [-0.15, -0.1) is 0 Å². The molecule has 0 saturated heterocycles. The van der Waals surface area contributed by atoms with Crippen LogP contribution < -0.4 is 19.5 Å². The third-order valence-electron chi connectivity index (χ3n) is 3.87. The number of ether oxygens (including phenoxy) is 4. The molecule has 0 unspecified atom stereocenters. The Balaban J connectivity index is 1.96. The number of anilines is 1. The van der Waals surface area contributed by atoms with Gasteiger partial charge in [0.1, 0.15) is 17.2 Å². The molecule has 1 N–H and O–H groups in total. The molecule has 29 heavy (non-hydrogen) atoms. The second-order valence-corrected chi connectivity index (χ2v) is 6.30. The summed E-state index contributed by atoms with van der Waals surface area (Å²) in [5.41, 5.74) is 1.14.